The summed E-state index contributed by atoms with van der Waals surface area (Å²) in [5, 5.41) is 9.27. The van der Waals surface area contributed by atoms with Crippen LogP contribution in [-0.4, -0.2) is 29.4 Å². The van der Waals surface area contributed by atoms with Gasteiger partial charge >= 0.3 is 0 Å². The number of aliphatic hydroxyl groups excluding tert-OH is 1. The maximum absolute atomic E-state index is 11.2. The number of hydrogen-bond donors (Lipinski definition) is 2. The molecule has 0 radical (unpaired) electrons. The van der Waals surface area contributed by atoms with Crippen molar-refractivity contribution in [2.45, 2.75) is 122 Å². The summed E-state index contributed by atoms with van der Waals surface area (Å²) in [5.74, 6) is 0. The maximum atomic E-state index is 11.2. The van der Waals surface area contributed by atoms with E-state index in [1.54, 1.807) is 0 Å². The van der Waals surface area contributed by atoms with E-state index in [2.05, 4.69) is 6.92 Å². The molecule has 0 fully saturated rings. The lowest BCUT2D eigenvalue weighted by atomic mass is 10.0. The van der Waals surface area contributed by atoms with Crippen LogP contribution in [0.25, 0.3) is 0 Å². The van der Waals surface area contributed by atoms with E-state index in [1.807, 2.05) is 6.92 Å². The van der Waals surface area contributed by atoms with Crippen molar-refractivity contribution in [1.82, 2.24) is 0 Å². The number of hydrogen-bond acceptors (Lipinski definition) is 3. The third-order valence-electron chi connectivity index (χ3n) is 4.74. The lowest BCUT2D eigenvalue weighted by Crippen LogP contribution is -2.20. The van der Waals surface area contributed by atoms with Crippen LogP contribution < -0.4 is 0 Å². The van der Waals surface area contributed by atoms with E-state index in [-0.39, 0.29) is 6.10 Å². The molecule has 2 unspecified atom stereocenters. The zero-order valence-corrected chi connectivity index (χ0v) is 16.7. The van der Waals surface area contributed by atoms with Gasteiger partial charge in [-0.2, -0.15) is 8.42 Å². The average Bonchev–Trinajstić information content (AvgIpc) is 2.51. The Labute approximate surface area is 150 Å². The third kappa shape index (κ3) is 14.2. The van der Waals surface area contributed by atoms with Crippen LogP contribution in [0.15, 0.2) is 0 Å². The van der Waals surface area contributed by atoms with Gasteiger partial charge in [-0.25, -0.2) is 0 Å². The summed E-state index contributed by atoms with van der Waals surface area (Å²) in [6.07, 6.45) is 14.9. The second kappa shape index (κ2) is 15.2. The fraction of sp³-hybridized carbons (Fsp3) is 1.00. The predicted octanol–water partition coefficient (Wildman–Crippen LogP) is 5.50. The molecule has 5 heteroatoms. The van der Waals surface area contributed by atoms with Crippen molar-refractivity contribution in [3.05, 3.63) is 0 Å². The van der Waals surface area contributed by atoms with Gasteiger partial charge in [0.25, 0.3) is 10.1 Å². The van der Waals surface area contributed by atoms with Crippen LogP contribution in [-0.2, 0) is 10.1 Å². The van der Waals surface area contributed by atoms with E-state index in [9.17, 15) is 18.1 Å². The van der Waals surface area contributed by atoms with Crippen molar-refractivity contribution < 1.29 is 18.1 Å². The minimum absolute atomic E-state index is 0.118. The van der Waals surface area contributed by atoms with Gasteiger partial charge in [-0.3, -0.25) is 4.55 Å². The van der Waals surface area contributed by atoms with Gasteiger partial charge in [-0.05, 0) is 25.7 Å². The first kappa shape index (κ1) is 23.9. The van der Waals surface area contributed by atoms with E-state index >= 15 is 0 Å². The van der Waals surface area contributed by atoms with Crippen molar-refractivity contribution >= 4 is 10.1 Å². The van der Waals surface area contributed by atoms with Crippen LogP contribution in [0.1, 0.15) is 110 Å². The van der Waals surface area contributed by atoms with Crippen molar-refractivity contribution in [2.75, 3.05) is 0 Å². The summed E-state index contributed by atoms with van der Waals surface area (Å²) in [6, 6.07) is 0. The Balaban J connectivity index is 3.47. The highest BCUT2D eigenvalue weighted by molar-refractivity contribution is 7.86. The van der Waals surface area contributed by atoms with Gasteiger partial charge < -0.3 is 5.11 Å². The van der Waals surface area contributed by atoms with Gasteiger partial charge in [-0.15, -0.1) is 0 Å². The molecular weight excluding hydrogens is 324 g/mol. The Bertz CT molecular complexity index is 368. The van der Waals surface area contributed by atoms with Gasteiger partial charge in [0.1, 0.15) is 0 Å². The van der Waals surface area contributed by atoms with Crippen molar-refractivity contribution in [2.24, 2.45) is 0 Å². The largest absolute Gasteiger partial charge is 0.393 e. The molecule has 0 aromatic heterocycles. The van der Waals surface area contributed by atoms with E-state index in [1.165, 1.54) is 32.1 Å². The maximum Gasteiger partial charge on any atom is 0.267 e. The van der Waals surface area contributed by atoms with Gasteiger partial charge in [-0.1, -0.05) is 84.5 Å². The predicted molar refractivity (Wildman–Crippen MR) is 102 cm³/mol. The first-order valence-corrected chi connectivity index (χ1v) is 11.6. The summed E-state index contributed by atoms with van der Waals surface area (Å²) >= 11 is 0. The number of unbranched alkanes of at least 4 members (excludes halogenated alkanes) is 8. The smallest absolute Gasteiger partial charge is 0.267 e. The molecule has 0 aliphatic rings. The second-order valence-electron chi connectivity index (χ2n) is 7.13. The third-order valence-corrected chi connectivity index (χ3v) is 6.05. The normalized spacial score (nSPS) is 14.7. The van der Waals surface area contributed by atoms with Crippen LogP contribution in [0, 0.1) is 0 Å². The van der Waals surface area contributed by atoms with E-state index in [0.29, 0.717) is 12.8 Å². The molecule has 0 rings (SSSR count). The molecule has 0 heterocycles. The Morgan fingerprint density at radius 2 is 1.12 bits per heavy atom. The van der Waals surface area contributed by atoms with Crippen LogP contribution >= 0.6 is 0 Å². The molecule has 2 atom stereocenters. The van der Waals surface area contributed by atoms with Gasteiger partial charge in [0.2, 0.25) is 0 Å². The molecule has 0 spiro atoms. The molecule has 2 N–H and O–H groups in total. The van der Waals surface area contributed by atoms with Crippen molar-refractivity contribution in [3.63, 3.8) is 0 Å². The van der Waals surface area contributed by atoms with Crippen LogP contribution in [0.4, 0.5) is 0 Å². The zero-order valence-electron chi connectivity index (χ0n) is 15.9. The topological polar surface area (TPSA) is 74.6 Å². The molecule has 0 amide bonds. The first-order valence-electron chi connectivity index (χ1n) is 10.1. The molecule has 0 bridgehead atoms. The van der Waals surface area contributed by atoms with Crippen LogP contribution in [0.2, 0.25) is 0 Å². The Hall–Kier alpha value is -0.130. The summed E-state index contributed by atoms with van der Waals surface area (Å²) in [6.45, 7) is 4.12. The fourth-order valence-corrected chi connectivity index (χ4v) is 4.17. The highest BCUT2D eigenvalue weighted by atomic mass is 32.2. The lowest BCUT2D eigenvalue weighted by Gasteiger charge is -2.12. The molecule has 146 valence electrons. The van der Waals surface area contributed by atoms with Crippen molar-refractivity contribution in [1.29, 1.82) is 0 Å². The quantitative estimate of drug-likeness (QED) is 0.264. The minimum Gasteiger partial charge on any atom is -0.393 e. The van der Waals surface area contributed by atoms with Crippen LogP contribution in [0.5, 0.6) is 0 Å². The Morgan fingerprint density at radius 1 is 0.667 bits per heavy atom. The SMILES string of the molecule is CCCCCC(O)CCCCCCCCCC(CCC)S(=O)(=O)O. The minimum atomic E-state index is -3.87. The average molecular weight is 365 g/mol. The molecule has 0 aromatic carbocycles. The fourth-order valence-electron chi connectivity index (χ4n) is 3.17. The molecule has 0 saturated heterocycles. The molecular formula is C19H40O4S. The second-order valence-corrected chi connectivity index (χ2v) is 8.82. The Kier molecular flexibility index (Phi) is 15.1. The standard InChI is InChI=1S/C19H40O4S/c1-3-5-11-15-18(20)16-12-9-7-6-8-10-13-17-19(14-4-2)24(21,22)23/h18-20H,3-17H2,1-2H3,(H,21,22,23). The molecule has 4 nitrogen and oxygen atoms in total. The van der Waals surface area contributed by atoms with E-state index in [0.717, 1.165) is 51.4 Å². The highest BCUT2D eigenvalue weighted by Gasteiger charge is 2.20. The van der Waals surface area contributed by atoms with Crippen LogP contribution in [0.3, 0.4) is 0 Å². The molecule has 0 aliphatic carbocycles. The van der Waals surface area contributed by atoms with Gasteiger partial charge in [0, 0.05) is 0 Å². The molecule has 0 aliphatic heterocycles. The molecule has 0 saturated carbocycles. The lowest BCUT2D eigenvalue weighted by molar-refractivity contribution is 0.147. The van der Waals surface area contributed by atoms with E-state index < -0.39 is 15.4 Å². The zero-order chi connectivity index (χ0) is 18.3. The van der Waals surface area contributed by atoms with Crippen molar-refractivity contribution in [3.8, 4) is 0 Å². The summed E-state index contributed by atoms with van der Waals surface area (Å²) in [7, 11) is -3.87. The Morgan fingerprint density at radius 3 is 1.58 bits per heavy atom. The molecule has 0 aromatic rings. The van der Waals surface area contributed by atoms with Gasteiger partial charge in [0.15, 0.2) is 0 Å². The van der Waals surface area contributed by atoms with Gasteiger partial charge in [0.05, 0.1) is 11.4 Å². The summed E-state index contributed by atoms with van der Waals surface area (Å²) < 4.78 is 31.6. The highest BCUT2D eigenvalue weighted by Crippen LogP contribution is 2.17. The van der Waals surface area contributed by atoms with E-state index in [4.69, 9.17) is 0 Å². The molecule has 24 heavy (non-hydrogen) atoms. The summed E-state index contributed by atoms with van der Waals surface area (Å²) in [5.41, 5.74) is 0. The first-order chi connectivity index (χ1) is 11.4. The number of rotatable bonds is 17. The monoisotopic (exact) mass is 364 g/mol. The summed E-state index contributed by atoms with van der Waals surface area (Å²) in [4.78, 5) is 0. The number of aliphatic hydroxyl groups is 1.